The summed E-state index contributed by atoms with van der Waals surface area (Å²) in [6.45, 7) is 4.67. The molecule has 0 radical (unpaired) electrons. The first-order valence-electron chi connectivity index (χ1n) is 4.71. The molecular weight excluding hydrogens is 174 g/mol. The molecule has 2 nitrogen and oxygen atoms in total. The van der Waals surface area contributed by atoms with Crippen LogP contribution in [0, 0.1) is 13.8 Å². The lowest BCUT2D eigenvalue weighted by molar-refractivity contribution is 0.408. The highest BCUT2D eigenvalue weighted by atomic mass is 16.5. The number of aryl methyl sites for hydroxylation is 2. The van der Waals surface area contributed by atoms with Gasteiger partial charge in [0.2, 0.25) is 0 Å². The van der Waals surface area contributed by atoms with Gasteiger partial charge in [0.15, 0.2) is 0 Å². The van der Waals surface area contributed by atoms with E-state index in [0.29, 0.717) is 6.54 Å². The SMILES string of the molecule is COc1c(C)cc(/C=C/CN)cc1C. The van der Waals surface area contributed by atoms with Gasteiger partial charge in [0, 0.05) is 6.54 Å². The summed E-state index contributed by atoms with van der Waals surface area (Å²) in [4.78, 5) is 0. The summed E-state index contributed by atoms with van der Waals surface area (Å²) < 4.78 is 5.29. The van der Waals surface area contributed by atoms with E-state index in [1.807, 2.05) is 26.0 Å². The summed E-state index contributed by atoms with van der Waals surface area (Å²) in [5.41, 5.74) is 8.88. The van der Waals surface area contributed by atoms with Gasteiger partial charge >= 0.3 is 0 Å². The Bertz CT molecular complexity index is 319. The maximum absolute atomic E-state index is 5.40. The number of ether oxygens (including phenoxy) is 1. The van der Waals surface area contributed by atoms with Gasteiger partial charge in [0.05, 0.1) is 7.11 Å². The fourth-order valence-electron chi connectivity index (χ4n) is 1.61. The van der Waals surface area contributed by atoms with Gasteiger partial charge < -0.3 is 10.5 Å². The lowest BCUT2D eigenvalue weighted by Crippen LogP contribution is -1.93. The van der Waals surface area contributed by atoms with Gasteiger partial charge in [0.1, 0.15) is 5.75 Å². The molecule has 0 atom stereocenters. The third kappa shape index (κ3) is 2.36. The van der Waals surface area contributed by atoms with Crippen LogP contribution in [0.2, 0.25) is 0 Å². The van der Waals surface area contributed by atoms with Crippen molar-refractivity contribution in [3.8, 4) is 5.75 Å². The Morgan fingerprint density at radius 2 is 1.86 bits per heavy atom. The molecule has 0 amide bonds. The van der Waals surface area contributed by atoms with E-state index < -0.39 is 0 Å². The molecule has 0 aliphatic carbocycles. The van der Waals surface area contributed by atoms with Crippen LogP contribution in [0.5, 0.6) is 5.75 Å². The van der Waals surface area contributed by atoms with Crippen molar-refractivity contribution in [3.05, 3.63) is 34.9 Å². The van der Waals surface area contributed by atoms with Gasteiger partial charge in [-0.15, -0.1) is 0 Å². The fourth-order valence-corrected chi connectivity index (χ4v) is 1.61. The molecule has 0 unspecified atom stereocenters. The highest BCUT2D eigenvalue weighted by Crippen LogP contribution is 2.24. The highest BCUT2D eigenvalue weighted by molar-refractivity contribution is 5.56. The van der Waals surface area contributed by atoms with Crippen molar-refractivity contribution in [1.29, 1.82) is 0 Å². The minimum atomic E-state index is 0.574. The van der Waals surface area contributed by atoms with Crippen molar-refractivity contribution < 1.29 is 4.74 Å². The standard InChI is InChI=1S/C12H17NO/c1-9-7-11(5-4-6-13)8-10(2)12(9)14-3/h4-5,7-8H,6,13H2,1-3H3/b5-4+. The van der Waals surface area contributed by atoms with E-state index in [-0.39, 0.29) is 0 Å². The normalized spacial score (nSPS) is 10.9. The van der Waals surface area contributed by atoms with E-state index in [1.54, 1.807) is 7.11 Å². The third-order valence-electron chi connectivity index (χ3n) is 2.13. The molecule has 76 valence electrons. The molecule has 0 spiro atoms. The van der Waals surface area contributed by atoms with Gasteiger partial charge in [-0.2, -0.15) is 0 Å². The van der Waals surface area contributed by atoms with E-state index in [1.165, 1.54) is 5.56 Å². The largest absolute Gasteiger partial charge is 0.496 e. The zero-order chi connectivity index (χ0) is 10.6. The van der Waals surface area contributed by atoms with Crippen molar-refractivity contribution in [2.45, 2.75) is 13.8 Å². The lowest BCUT2D eigenvalue weighted by Gasteiger charge is -2.09. The highest BCUT2D eigenvalue weighted by Gasteiger charge is 2.02. The predicted molar refractivity (Wildman–Crippen MR) is 60.6 cm³/mol. The first kappa shape index (κ1) is 10.8. The Labute approximate surface area is 85.4 Å². The average molecular weight is 191 g/mol. The summed E-state index contributed by atoms with van der Waals surface area (Å²) in [5, 5.41) is 0. The Hall–Kier alpha value is -1.28. The lowest BCUT2D eigenvalue weighted by atomic mass is 10.1. The maximum atomic E-state index is 5.40. The summed E-state index contributed by atoms with van der Waals surface area (Å²) in [5.74, 6) is 0.967. The van der Waals surface area contributed by atoms with Crippen molar-refractivity contribution in [2.24, 2.45) is 5.73 Å². The van der Waals surface area contributed by atoms with Crippen LogP contribution in [0.1, 0.15) is 16.7 Å². The zero-order valence-electron chi connectivity index (χ0n) is 9.00. The molecule has 1 rings (SSSR count). The van der Waals surface area contributed by atoms with Crippen molar-refractivity contribution in [3.63, 3.8) is 0 Å². The van der Waals surface area contributed by atoms with Crippen LogP contribution in [0.4, 0.5) is 0 Å². The first-order valence-corrected chi connectivity index (χ1v) is 4.71. The first-order chi connectivity index (χ1) is 6.69. The van der Waals surface area contributed by atoms with Gasteiger partial charge in [-0.3, -0.25) is 0 Å². The summed E-state index contributed by atoms with van der Waals surface area (Å²) in [6, 6.07) is 4.19. The molecule has 2 heteroatoms. The van der Waals surface area contributed by atoms with Gasteiger partial charge in [-0.1, -0.05) is 12.2 Å². The van der Waals surface area contributed by atoms with Gasteiger partial charge in [-0.25, -0.2) is 0 Å². The zero-order valence-corrected chi connectivity index (χ0v) is 9.00. The predicted octanol–water partition coefficient (Wildman–Crippen LogP) is 2.28. The molecule has 0 saturated carbocycles. The molecule has 14 heavy (non-hydrogen) atoms. The van der Waals surface area contributed by atoms with Gasteiger partial charge in [0.25, 0.3) is 0 Å². The van der Waals surface area contributed by atoms with Gasteiger partial charge in [-0.05, 0) is 42.7 Å². The van der Waals surface area contributed by atoms with E-state index in [4.69, 9.17) is 10.5 Å². The van der Waals surface area contributed by atoms with E-state index >= 15 is 0 Å². The fraction of sp³-hybridized carbons (Fsp3) is 0.333. The Morgan fingerprint density at radius 1 is 1.29 bits per heavy atom. The summed E-state index contributed by atoms with van der Waals surface area (Å²) in [6.07, 6.45) is 3.97. The Kier molecular flexibility index (Phi) is 3.72. The van der Waals surface area contributed by atoms with Crippen LogP contribution in [0.25, 0.3) is 6.08 Å². The smallest absolute Gasteiger partial charge is 0.124 e. The average Bonchev–Trinajstić information content (AvgIpc) is 2.14. The topological polar surface area (TPSA) is 35.2 Å². The maximum Gasteiger partial charge on any atom is 0.124 e. The molecule has 0 fully saturated rings. The molecule has 0 aliphatic heterocycles. The monoisotopic (exact) mass is 191 g/mol. The number of nitrogens with two attached hydrogens (primary N) is 1. The molecule has 0 saturated heterocycles. The van der Waals surface area contributed by atoms with E-state index in [0.717, 1.165) is 16.9 Å². The second-order valence-corrected chi connectivity index (χ2v) is 3.33. The van der Waals surface area contributed by atoms with Crippen molar-refractivity contribution in [2.75, 3.05) is 13.7 Å². The molecule has 2 N–H and O–H groups in total. The number of hydrogen-bond donors (Lipinski definition) is 1. The summed E-state index contributed by atoms with van der Waals surface area (Å²) in [7, 11) is 1.70. The second-order valence-electron chi connectivity index (χ2n) is 3.33. The molecular formula is C12H17NO. The van der Waals surface area contributed by atoms with Crippen LogP contribution in [-0.2, 0) is 0 Å². The Morgan fingerprint density at radius 3 is 2.29 bits per heavy atom. The molecule has 0 heterocycles. The quantitative estimate of drug-likeness (QED) is 0.795. The van der Waals surface area contributed by atoms with Crippen LogP contribution >= 0.6 is 0 Å². The molecule has 1 aromatic rings. The number of rotatable bonds is 3. The Balaban J connectivity index is 3.07. The number of methoxy groups -OCH3 is 1. The second kappa shape index (κ2) is 4.82. The summed E-state index contributed by atoms with van der Waals surface area (Å²) >= 11 is 0. The third-order valence-corrected chi connectivity index (χ3v) is 2.13. The minimum Gasteiger partial charge on any atom is -0.496 e. The molecule has 0 aromatic heterocycles. The van der Waals surface area contributed by atoms with Crippen LogP contribution in [0.3, 0.4) is 0 Å². The van der Waals surface area contributed by atoms with Crippen molar-refractivity contribution >= 4 is 6.08 Å². The van der Waals surface area contributed by atoms with Crippen LogP contribution in [-0.4, -0.2) is 13.7 Å². The molecule has 0 aliphatic rings. The van der Waals surface area contributed by atoms with Crippen molar-refractivity contribution in [1.82, 2.24) is 0 Å². The molecule has 1 aromatic carbocycles. The van der Waals surface area contributed by atoms with E-state index in [9.17, 15) is 0 Å². The minimum absolute atomic E-state index is 0.574. The van der Waals surface area contributed by atoms with Crippen LogP contribution in [0.15, 0.2) is 18.2 Å². The van der Waals surface area contributed by atoms with E-state index in [2.05, 4.69) is 12.1 Å². The van der Waals surface area contributed by atoms with Crippen LogP contribution < -0.4 is 10.5 Å². The molecule has 0 bridgehead atoms. The number of benzene rings is 1. The number of hydrogen-bond acceptors (Lipinski definition) is 2.